The van der Waals surface area contributed by atoms with E-state index in [0.717, 1.165) is 19.6 Å². The number of unbranched alkanes of at least 4 members (excludes halogenated alkanes) is 2. The quantitative estimate of drug-likeness (QED) is 0.655. The van der Waals surface area contributed by atoms with Gasteiger partial charge in [-0.25, -0.2) is 0 Å². The summed E-state index contributed by atoms with van der Waals surface area (Å²) in [6.45, 7) is 3.12. The van der Waals surface area contributed by atoms with E-state index in [9.17, 15) is 0 Å². The van der Waals surface area contributed by atoms with Crippen LogP contribution in [0, 0.1) is 0 Å². The minimum atomic E-state index is 0.970. The molecule has 86 valence electrons. The number of nitrogens with one attached hydrogen (secondary N) is 1. The molecule has 1 aromatic heterocycles. The summed E-state index contributed by atoms with van der Waals surface area (Å²) in [6.07, 6.45) is 9.97. The van der Waals surface area contributed by atoms with Gasteiger partial charge >= 0.3 is 0 Å². The van der Waals surface area contributed by atoms with Gasteiger partial charge in [-0.3, -0.25) is 4.68 Å². The van der Waals surface area contributed by atoms with Crippen molar-refractivity contribution < 1.29 is 0 Å². The second-order valence-electron chi connectivity index (χ2n) is 3.57. The summed E-state index contributed by atoms with van der Waals surface area (Å²) in [6, 6.07) is 1.96. The topological polar surface area (TPSA) is 29.9 Å². The maximum atomic E-state index is 4.15. The van der Waals surface area contributed by atoms with Gasteiger partial charge in [-0.15, -0.1) is 0 Å². The van der Waals surface area contributed by atoms with E-state index < -0.39 is 0 Å². The molecule has 0 unspecified atom stereocenters. The maximum Gasteiger partial charge on any atom is 0.0533 e. The van der Waals surface area contributed by atoms with Gasteiger partial charge in [0.1, 0.15) is 0 Å². The van der Waals surface area contributed by atoms with Gasteiger partial charge in [0, 0.05) is 18.9 Å². The fourth-order valence-corrected chi connectivity index (χ4v) is 1.92. The van der Waals surface area contributed by atoms with E-state index in [1.165, 1.54) is 25.0 Å². The molecule has 0 radical (unpaired) electrons. The first kappa shape index (κ1) is 12.6. The van der Waals surface area contributed by atoms with Crippen LogP contribution in [0.5, 0.6) is 0 Å². The average molecular weight is 227 g/mol. The molecule has 0 aliphatic carbocycles. The molecule has 0 saturated carbocycles. The summed E-state index contributed by atoms with van der Waals surface area (Å²) in [5, 5.41) is 7.58. The molecule has 0 aliphatic heterocycles. The SMILES string of the molecule is CSCCCCCNCCn1cccn1. The highest BCUT2D eigenvalue weighted by Gasteiger charge is 1.91. The summed E-state index contributed by atoms with van der Waals surface area (Å²) in [5.74, 6) is 1.30. The summed E-state index contributed by atoms with van der Waals surface area (Å²) in [4.78, 5) is 0. The lowest BCUT2D eigenvalue weighted by Gasteiger charge is -2.04. The van der Waals surface area contributed by atoms with Gasteiger partial charge in [0.2, 0.25) is 0 Å². The van der Waals surface area contributed by atoms with E-state index in [0.29, 0.717) is 0 Å². The zero-order valence-electron chi connectivity index (χ0n) is 9.48. The van der Waals surface area contributed by atoms with Crippen molar-refractivity contribution in [3.8, 4) is 0 Å². The number of rotatable bonds is 9. The molecule has 4 heteroatoms. The van der Waals surface area contributed by atoms with E-state index in [-0.39, 0.29) is 0 Å². The van der Waals surface area contributed by atoms with Gasteiger partial charge in [-0.2, -0.15) is 16.9 Å². The van der Waals surface area contributed by atoms with E-state index in [1.54, 1.807) is 0 Å². The fraction of sp³-hybridized carbons (Fsp3) is 0.727. The predicted molar refractivity (Wildman–Crippen MR) is 67.3 cm³/mol. The zero-order chi connectivity index (χ0) is 10.8. The van der Waals surface area contributed by atoms with Gasteiger partial charge in [-0.05, 0) is 37.5 Å². The monoisotopic (exact) mass is 227 g/mol. The Bertz CT molecular complexity index is 224. The van der Waals surface area contributed by atoms with Crippen molar-refractivity contribution in [3.63, 3.8) is 0 Å². The van der Waals surface area contributed by atoms with Crippen LogP contribution in [0.15, 0.2) is 18.5 Å². The van der Waals surface area contributed by atoms with Crippen molar-refractivity contribution in [2.45, 2.75) is 25.8 Å². The Morgan fingerprint density at radius 1 is 1.27 bits per heavy atom. The molecule has 0 spiro atoms. The third-order valence-electron chi connectivity index (χ3n) is 2.28. The van der Waals surface area contributed by atoms with Crippen LogP contribution < -0.4 is 5.32 Å². The summed E-state index contributed by atoms with van der Waals surface area (Å²) in [7, 11) is 0. The molecule has 0 atom stereocenters. The molecular weight excluding hydrogens is 206 g/mol. The van der Waals surface area contributed by atoms with Crippen molar-refractivity contribution in [3.05, 3.63) is 18.5 Å². The number of nitrogens with zero attached hydrogens (tertiary/aromatic N) is 2. The van der Waals surface area contributed by atoms with Crippen LogP contribution in [-0.2, 0) is 6.54 Å². The highest BCUT2D eigenvalue weighted by Crippen LogP contribution is 2.00. The number of hydrogen-bond donors (Lipinski definition) is 1. The standard InChI is InChI=1S/C11H21N3S/c1-15-11-4-2-3-6-12-8-10-14-9-5-7-13-14/h5,7,9,12H,2-4,6,8,10-11H2,1H3. The minimum absolute atomic E-state index is 0.970. The highest BCUT2D eigenvalue weighted by atomic mass is 32.2. The molecule has 1 heterocycles. The van der Waals surface area contributed by atoms with Gasteiger partial charge < -0.3 is 5.32 Å². The Morgan fingerprint density at radius 2 is 2.20 bits per heavy atom. The Kier molecular flexibility index (Phi) is 7.38. The highest BCUT2D eigenvalue weighted by molar-refractivity contribution is 7.98. The molecule has 1 rings (SSSR count). The first-order valence-corrected chi connectivity index (χ1v) is 7.00. The smallest absolute Gasteiger partial charge is 0.0533 e. The molecule has 0 aliphatic rings. The van der Waals surface area contributed by atoms with Crippen LogP contribution >= 0.6 is 11.8 Å². The largest absolute Gasteiger partial charge is 0.315 e. The third-order valence-corrected chi connectivity index (χ3v) is 2.98. The van der Waals surface area contributed by atoms with E-state index >= 15 is 0 Å². The van der Waals surface area contributed by atoms with Crippen molar-refractivity contribution in [1.82, 2.24) is 15.1 Å². The molecule has 0 saturated heterocycles. The molecule has 0 aromatic carbocycles. The zero-order valence-corrected chi connectivity index (χ0v) is 10.3. The summed E-state index contributed by atoms with van der Waals surface area (Å²) in [5.41, 5.74) is 0. The molecule has 1 N–H and O–H groups in total. The van der Waals surface area contributed by atoms with Crippen LogP contribution in [0.25, 0.3) is 0 Å². The van der Waals surface area contributed by atoms with E-state index in [2.05, 4.69) is 16.7 Å². The molecule has 15 heavy (non-hydrogen) atoms. The number of hydrogen-bond acceptors (Lipinski definition) is 3. The fourth-order valence-electron chi connectivity index (χ4n) is 1.42. The van der Waals surface area contributed by atoms with Crippen molar-refractivity contribution in [2.24, 2.45) is 0 Å². The lowest BCUT2D eigenvalue weighted by atomic mass is 10.2. The third kappa shape index (κ3) is 6.57. The van der Waals surface area contributed by atoms with Gasteiger partial charge in [0.05, 0.1) is 6.54 Å². The van der Waals surface area contributed by atoms with Crippen molar-refractivity contribution in [2.75, 3.05) is 25.1 Å². The van der Waals surface area contributed by atoms with Crippen molar-refractivity contribution in [1.29, 1.82) is 0 Å². The Morgan fingerprint density at radius 3 is 2.93 bits per heavy atom. The average Bonchev–Trinajstić information content (AvgIpc) is 2.75. The Hall–Kier alpha value is -0.480. The van der Waals surface area contributed by atoms with Crippen LogP contribution in [-0.4, -0.2) is 34.9 Å². The molecule has 3 nitrogen and oxygen atoms in total. The van der Waals surface area contributed by atoms with Crippen LogP contribution in [0.1, 0.15) is 19.3 Å². The maximum absolute atomic E-state index is 4.15. The van der Waals surface area contributed by atoms with Gasteiger partial charge in [0.15, 0.2) is 0 Å². The van der Waals surface area contributed by atoms with Crippen LogP contribution in [0.4, 0.5) is 0 Å². The lowest BCUT2D eigenvalue weighted by Crippen LogP contribution is -2.21. The first-order valence-electron chi connectivity index (χ1n) is 5.60. The molecule has 1 aromatic rings. The Balaban J connectivity index is 1.81. The summed E-state index contributed by atoms with van der Waals surface area (Å²) >= 11 is 1.94. The van der Waals surface area contributed by atoms with Gasteiger partial charge in [0.25, 0.3) is 0 Å². The lowest BCUT2D eigenvalue weighted by molar-refractivity contribution is 0.540. The number of thioether (sulfide) groups is 1. The van der Waals surface area contributed by atoms with E-state index in [1.807, 2.05) is 34.9 Å². The van der Waals surface area contributed by atoms with Crippen molar-refractivity contribution >= 4 is 11.8 Å². The van der Waals surface area contributed by atoms with Crippen LogP contribution in [0.3, 0.4) is 0 Å². The minimum Gasteiger partial charge on any atom is -0.315 e. The van der Waals surface area contributed by atoms with Gasteiger partial charge in [-0.1, -0.05) is 6.42 Å². The second-order valence-corrected chi connectivity index (χ2v) is 4.56. The first-order chi connectivity index (χ1) is 7.43. The second kappa shape index (κ2) is 8.80. The van der Waals surface area contributed by atoms with Crippen LogP contribution in [0.2, 0.25) is 0 Å². The van der Waals surface area contributed by atoms with E-state index in [4.69, 9.17) is 0 Å². The molecule has 0 bridgehead atoms. The number of aromatic nitrogens is 2. The molecule has 0 fully saturated rings. The molecule has 0 amide bonds. The predicted octanol–water partition coefficient (Wildman–Crippen LogP) is 2.01. The molecular formula is C11H21N3S. The Labute approximate surface area is 96.6 Å². The normalized spacial score (nSPS) is 10.7. The summed E-state index contributed by atoms with van der Waals surface area (Å²) < 4.78 is 1.96.